The lowest BCUT2D eigenvalue weighted by atomic mass is 9.95. The summed E-state index contributed by atoms with van der Waals surface area (Å²) in [5.41, 5.74) is 8.83. The monoisotopic (exact) mass is 524 g/mol. The van der Waals surface area contributed by atoms with E-state index in [1.165, 1.54) is 23.6 Å². The minimum atomic E-state index is -1.34. The highest BCUT2D eigenvalue weighted by atomic mass is 19.1. The van der Waals surface area contributed by atoms with E-state index in [4.69, 9.17) is 11.6 Å². The van der Waals surface area contributed by atoms with E-state index in [0.29, 0.717) is 11.6 Å². The number of nitrogens with zero attached hydrogens (tertiary/aromatic N) is 2. The predicted molar refractivity (Wildman–Crippen MR) is 144 cm³/mol. The molecule has 38 heavy (non-hydrogen) atoms. The first-order valence-electron chi connectivity index (χ1n) is 12.7. The van der Waals surface area contributed by atoms with Crippen molar-refractivity contribution in [1.29, 1.82) is 0 Å². The number of nitrogens with one attached hydrogen (secondary N) is 2. The van der Waals surface area contributed by atoms with Gasteiger partial charge in [-0.2, -0.15) is 0 Å². The lowest BCUT2D eigenvalue weighted by molar-refractivity contribution is -0.139. The van der Waals surface area contributed by atoms with E-state index in [9.17, 15) is 18.8 Å². The fourth-order valence-electron chi connectivity index (χ4n) is 4.43. The number of nitrogens with two attached hydrogens (primary N) is 2. The molecule has 3 rings (SSSR count). The van der Waals surface area contributed by atoms with E-state index in [0.717, 1.165) is 16.1 Å². The molecule has 0 spiro atoms. The molecule has 0 bridgehead atoms. The van der Waals surface area contributed by atoms with E-state index in [2.05, 4.69) is 24.5 Å². The van der Waals surface area contributed by atoms with Crippen molar-refractivity contribution in [2.75, 3.05) is 19.6 Å². The molecule has 6 N–H and O–H groups in total. The van der Waals surface area contributed by atoms with Crippen LogP contribution in [0.2, 0.25) is 0 Å². The van der Waals surface area contributed by atoms with Gasteiger partial charge in [0.25, 0.3) is 0 Å². The number of hydrazine groups is 1. The highest BCUT2D eigenvalue weighted by Crippen LogP contribution is 2.27. The standard InChI is InChI=1S/C28H37FN6O3/c1-18(2)20-9-11-22(12-10-20)27(21-7-5-4-6-8-21)33-28(38)25-13-23(29)16-34(25)26(37)17-35(31)24(14-30)15-32-19(3)36/h4-12,14,18,23,25,27H,13,15-17,30-31H2,1-3H3,(H,32,36)(H,33,38)/b24-14-/t23-,25+,27+/m1/s1. The van der Waals surface area contributed by atoms with E-state index in [1.54, 1.807) is 0 Å². The van der Waals surface area contributed by atoms with Gasteiger partial charge in [0.2, 0.25) is 17.7 Å². The van der Waals surface area contributed by atoms with Gasteiger partial charge >= 0.3 is 0 Å². The van der Waals surface area contributed by atoms with Crippen LogP contribution in [-0.2, 0) is 14.4 Å². The quantitative estimate of drug-likeness (QED) is 0.278. The summed E-state index contributed by atoms with van der Waals surface area (Å²) >= 11 is 0. The number of benzene rings is 2. The Morgan fingerprint density at radius 3 is 2.26 bits per heavy atom. The minimum Gasteiger partial charge on any atom is -0.403 e. The van der Waals surface area contributed by atoms with Crippen LogP contribution >= 0.6 is 0 Å². The molecule has 10 heteroatoms. The zero-order valence-electron chi connectivity index (χ0n) is 22.1. The Kier molecular flexibility index (Phi) is 9.84. The van der Waals surface area contributed by atoms with Crippen LogP contribution in [0.1, 0.15) is 55.8 Å². The number of likely N-dealkylation sites (tertiary alicyclic amines) is 1. The Balaban J connectivity index is 1.77. The molecule has 3 atom stereocenters. The number of amides is 3. The first-order valence-corrected chi connectivity index (χ1v) is 12.7. The summed E-state index contributed by atoms with van der Waals surface area (Å²) in [5.74, 6) is 5.11. The first kappa shape index (κ1) is 28.6. The van der Waals surface area contributed by atoms with Crippen LogP contribution in [0.3, 0.4) is 0 Å². The molecular weight excluding hydrogens is 487 g/mol. The molecule has 2 aromatic carbocycles. The second-order valence-electron chi connectivity index (χ2n) is 9.76. The fourth-order valence-corrected chi connectivity index (χ4v) is 4.43. The van der Waals surface area contributed by atoms with Crippen molar-refractivity contribution in [2.24, 2.45) is 11.6 Å². The maximum atomic E-state index is 14.5. The maximum absolute atomic E-state index is 14.5. The van der Waals surface area contributed by atoms with Gasteiger partial charge < -0.3 is 26.3 Å². The van der Waals surface area contributed by atoms with Gasteiger partial charge in [0.1, 0.15) is 18.8 Å². The average Bonchev–Trinajstić information content (AvgIpc) is 3.30. The molecule has 0 saturated carbocycles. The lowest BCUT2D eigenvalue weighted by Gasteiger charge is -2.29. The maximum Gasteiger partial charge on any atom is 0.244 e. The normalized spacial score (nSPS) is 18.3. The Labute approximate surface area is 223 Å². The van der Waals surface area contributed by atoms with Gasteiger partial charge in [0.15, 0.2) is 0 Å². The Morgan fingerprint density at radius 2 is 1.68 bits per heavy atom. The highest BCUT2D eigenvalue weighted by Gasteiger charge is 2.40. The molecule has 3 amide bonds. The molecule has 204 valence electrons. The number of hydrogen-bond acceptors (Lipinski definition) is 6. The Hall–Kier alpha value is -3.92. The zero-order valence-corrected chi connectivity index (χ0v) is 22.1. The van der Waals surface area contributed by atoms with Crippen LogP contribution in [0.5, 0.6) is 0 Å². The van der Waals surface area contributed by atoms with Crippen molar-refractivity contribution in [2.45, 2.75) is 51.4 Å². The Morgan fingerprint density at radius 1 is 1.08 bits per heavy atom. The molecule has 1 aliphatic heterocycles. The van der Waals surface area contributed by atoms with Gasteiger partial charge in [-0.3, -0.25) is 14.4 Å². The molecule has 1 heterocycles. The number of halogens is 1. The predicted octanol–water partition coefficient (Wildman–Crippen LogP) is 2.07. The van der Waals surface area contributed by atoms with Crippen molar-refractivity contribution in [1.82, 2.24) is 20.5 Å². The second kappa shape index (κ2) is 13.0. The van der Waals surface area contributed by atoms with Gasteiger partial charge in [-0.05, 0) is 22.6 Å². The zero-order chi connectivity index (χ0) is 27.8. The summed E-state index contributed by atoms with van der Waals surface area (Å²) in [6.45, 7) is 5.04. The fraction of sp³-hybridized carbons (Fsp3) is 0.393. The van der Waals surface area contributed by atoms with Gasteiger partial charge in [-0.15, -0.1) is 0 Å². The third-order valence-electron chi connectivity index (χ3n) is 6.61. The molecule has 1 saturated heterocycles. The van der Waals surface area contributed by atoms with Crippen LogP contribution in [0.25, 0.3) is 0 Å². The summed E-state index contributed by atoms with van der Waals surface area (Å²) < 4.78 is 14.5. The number of rotatable bonds is 10. The average molecular weight is 525 g/mol. The molecule has 0 aromatic heterocycles. The third kappa shape index (κ3) is 7.32. The number of carbonyl (C=O) groups is 3. The molecule has 1 fully saturated rings. The lowest BCUT2D eigenvalue weighted by Crippen LogP contribution is -2.51. The summed E-state index contributed by atoms with van der Waals surface area (Å²) in [4.78, 5) is 39.0. The number of alkyl halides is 1. The van der Waals surface area contributed by atoms with Crippen LogP contribution in [0.4, 0.5) is 4.39 Å². The second-order valence-corrected chi connectivity index (χ2v) is 9.76. The SMILES string of the molecule is CC(=O)NC/C(=C/N)N(N)CC(=O)N1C[C@H](F)C[C@H]1C(=O)N[C@@H](c1ccccc1)c1ccc(C(C)C)cc1. The van der Waals surface area contributed by atoms with Crippen LogP contribution in [-0.4, -0.2) is 59.5 Å². The molecule has 0 aliphatic carbocycles. The minimum absolute atomic E-state index is 0.0274. The van der Waals surface area contributed by atoms with Crippen LogP contribution < -0.4 is 22.2 Å². The molecule has 9 nitrogen and oxygen atoms in total. The summed E-state index contributed by atoms with van der Waals surface area (Å²) in [6, 6.07) is 16.0. The van der Waals surface area contributed by atoms with Crippen molar-refractivity contribution in [3.05, 3.63) is 83.2 Å². The van der Waals surface area contributed by atoms with E-state index >= 15 is 0 Å². The largest absolute Gasteiger partial charge is 0.403 e. The van der Waals surface area contributed by atoms with Gasteiger partial charge in [-0.1, -0.05) is 68.4 Å². The van der Waals surface area contributed by atoms with Crippen molar-refractivity contribution in [3.8, 4) is 0 Å². The van der Waals surface area contributed by atoms with E-state index in [-0.39, 0.29) is 32.0 Å². The van der Waals surface area contributed by atoms with Gasteiger partial charge in [-0.25, -0.2) is 10.2 Å². The summed E-state index contributed by atoms with van der Waals surface area (Å²) in [7, 11) is 0. The van der Waals surface area contributed by atoms with Crippen LogP contribution in [0.15, 0.2) is 66.5 Å². The van der Waals surface area contributed by atoms with E-state index in [1.807, 2.05) is 54.6 Å². The molecule has 0 radical (unpaired) electrons. The van der Waals surface area contributed by atoms with Crippen molar-refractivity contribution >= 4 is 17.7 Å². The van der Waals surface area contributed by atoms with Crippen LogP contribution in [0, 0.1) is 0 Å². The van der Waals surface area contributed by atoms with E-state index < -0.39 is 30.1 Å². The molecular formula is C28H37FN6O3. The smallest absolute Gasteiger partial charge is 0.244 e. The highest BCUT2D eigenvalue weighted by molar-refractivity contribution is 5.89. The van der Waals surface area contributed by atoms with Crippen molar-refractivity contribution in [3.63, 3.8) is 0 Å². The summed E-state index contributed by atoms with van der Waals surface area (Å²) in [5, 5.41) is 6.69. The summed E-state index contributed by atoms with van der Waals surface area (Å²) in [6.07, 6.45) is -0.267. The molecule has 0 unspecified atom stereocenters. The first-order chi connectivity index (χ1) is 18.1. The number of carbonyl (C=O) groups excluding carboxylic acids is 3. The third-order valence-corrected chi connectivity index (χ3v) is 6.61. The Bertz CT molecular complexity index is 1140. The van der Waals surface area contributed by atoms with Gasteiger partial charge in [0, 0.05) is 19.5 Å². The number of hydrogen-bond donors (Lipinski definition) is 4. The molecule has 2 aromatic rings. The van der Waals surface area contributed by atoms with Crippen molar-refractivity contribution < 1.29 is 18.8 Å². The van der Waals surface area contributed by atoms with Gasteiger partial charge in [0.05, 0.1) is 24.8 Å². The molecule has 1 aliphatic rings. The topological polar surface area (TPSA) is 134 Å².